The number of methoxy groups -OCH3 is 1. The monoisotopic (exact) mass is 221 g/mol. The van der Waals surface area contributed by atoms with Crippen LogP contribution in [0.25, 0.3) is 0 Å². The molecule has 0 aliphatic carbocycles. The van der Waals surface area contributed by atoms with Crippen LogP contribution in [0.3, 0.4) is 0 Å². The summed E-state index contributed by atoms with van der Waals surface area (Å²) in [6.07, 6.45) is -0.275. The van der Waals surface area contributed by atoms with Crippen LogP contribution < -0.4 is 9.64 Å². The fourth-order valence-electron chi connectivity index (χ4n) is 1.70. The van der Waals surface area contributed by atoms with Gasteiger partial charge in [0.25, 0.3) is 0 Å². The average Bonchev–Trinajstić information content (AvgIpc) is 2.32. The van der Waals surface area contributed by atoms with E-state index in [1.165, 1.54) is 0 Å². The van der Waals surface area contributed by atoms with Gasteiger partial charge in [0.05, 0.1) is 13.7 Å². The second kappa shape index (κ2) is 4.43. The molecule has 1 aromatic carbocycles. The van der Waals surface area contributed by atoms with Crippen LogP contribution in [0.4, 0.5) is 10.5 Å². The van der Waals surface area contributed by atoms with Crippen LogP contribution >= 0.6 is 0 Å². The predicted molar refractivity (Wildman–Crippen MR) is 60.9 cm³/mol. The summed E-state index contributed by atoms with van der Waals surface area (Å²) in [5, 5.41) is 0. The highest BCUT2D eigenvalue weighted by atomic mass is 16.6. The number of anilines is 1. The van der Waals surface area contributed by atoms with E-state index in [2.05, 4.69) is 6.92 Å². The number of amides is 1. The third-order valence-corrected chi connectivity index (χ3v) is 2.59. The number of cyclic esters (lactones) is 1. The summed E-state index contributed by atoms with van der Waals surface area (Å²) < 4.78 is 10.1. The Labute approximate surface area is 94.8 Å². The molecule has 0 saturated carbocycles. The number of rotatable bonds is 2. The zero-order valence-electron chi connectivity index (χ0n) is 9.47. The molecule has 4 nitrogen and oxygen atoms in total. The minimum atomic E-state index is -0.275. The van der Waals surface area contributed by atoms with Crippen LogP contribution in [-0.4, -0.2) is 26.4 Å². The number of carbonyl (C=O) groups is 1. The minimum absolute atomic E-state index is 0.275. The first-order chi connectivity index (χ1) is 7.70. The average molecular weight is 221 g/mol. The largest absolute Gasteiger partial charge is 0.497 e. The van der Waals surface area contributed by atoms with E-state index in [9.17, 15) is 4.79 Å². The van der Waals surface area contributed by atoms with Crippen molar-refractivity contribution < 1.29 is 14.3 Å². The van der Waals surface area contributed by atoms with Gasteiger partial charge in [-0.2, -0.15) is 0 Å². The van der Waals surface area contributed by atoms with Crippen LogP contribution in [0.1, 0.15) is 6.92 Å². The lowest BCUT2D eigenvalue weighted by molar-refractivity contribution is 0.119. The third-order valence-electron chi connectivity index (χ3n) is 2.59. The summed E-state index contributed by atoms with van der Waals surface area (Å²) >= 11 is 0. The molecular weight excluding hydrogens is 206 g/mol. The summed E-state index contributed by atoms with van der Waals surface area (Å²) in [5.41, 5.74) is 0.845. The van der Waals surface area contributed by atoms with Crippen molar-refractivity contribution >= 4 is 11.8 Å². The summed E-state index contributed by atoms with van der Waals surface area (Å²) in [6.45, 7) is 3.26. The first kappa shape index (κ1) is 10.8. The first-order valence-electron chi connectivity index (χ1n) is 5.29. The molecule has 1 aliphatic rings. The van der Waals surface area contributed by atoms with E-state index < -0.39 is 0 Å². The molecule has 1 amide bonds. The fraction of sp³-hybridized carbons (Fsp3) is 0.417. The SMILES string of the molecule is COc1ccc(N2CC(C)COC2=O)cc1. The molecule has 1 unspecified atom stereocenters. The lowest BCUT2D eigenvalue weighted by Crippen LogP contribution is -2.42. The van der Waals surface area contributed by atoms with E-state index >= 15 is 0 Å². The molecule has 4 heteroatoms. The predicted octanol–water partition coefficient (Wildman–Crippen LogP) is 2.29. The normalized spacial score (nSPS) is 20.5. The van der Waals surface area contributed by atoms with Gasteiger partial charge in [-0.25, -0.2) is 4.79 Å². The topological polar surface area (TPSA) is 38.8 Å². The van der Waals surface area contributed by atoms with E-state index in [1.54, 1.807) is 12.0 Å². The van der Waals surface area contributed by atoms with Crippen molar-refractivity contribution in [2.75, 3.05) is 25.2 Å². The Kier molecular flexibility index (Phi) is 2.99. The highest BCUT2D eigenvalue weighted by molar-refractivity contribution is 5.88. The molecule has 2 rings (SSSR count). The number of nitrogens with zero attached hydrogens (tertiary/aromatic N) is 1. The van der Waals surface area contributed by atoms with Crippen molar-refractivity contribution in [1.29, 1.82) is 0 Å². The molecule has 1 heterocycles. The molecular formula is C12H15NO3. The van der Waals surface area contributed by atoms with Crippen molar-refractivity contribution in [2.45, 2.75) is 6.92 Å². The molecule has 16 heavy (non-hydrogen) atoms. The van der Waals surface area contributed by atoms with Crippen molar-refractivity contribution in [2.24, 2.45) is 5.92 Å². The summed E-state index contributed by atoms with van der Waals surface area (Å²) in [6, 6.07) is 7.39. The number of ether oxygens (including phenoxy) is 2. The van der Waals surface area contributed by atoms with Crippen LogP contribution in [0.15, 0.2) is 24.3 Å². The van der Waals surface area contributed by atoms with Gasteiger partial charge >= 0.3 is 6.09 Å². The van der Waals surface area contributed by atoms with Crippen molar-refractivity contribution in [1.82, 2.24) is 0 Å². The van der Waals surface area contributed by atoms with Gasteiger partial charge in [0.2, 0.25) is 0 Å². The van der Waals surface area contributed by atoms with Gasteiger partial charge in [-0.15, -0.1) is 0 Å². The first-order valence-corrected chi connectivity index (χ1v) is 5.29. The van der Waals surface area contributed by atoms with E-state index in [4.69, 9.17) is 9.47 Å². The van der Waals surface area contributed by atoms with Gasteiger partial charge in [0, 0.05) is 18.2 Å². The van der Waals surface area contributed by atoms with Crippen molar-refractivity contribution in [3.05, 3.63) is 24.3 Å². The number of hydrogen-bond donors (Lipinski definition) is 0. The molecule has 1 saturated heterocycles. The number of hydrogen-bond acceptors (Lipinski definition) is 3. The zero-order chi connectivity index (χ0) is 11.5. The van der Waals surface area contributed by atoms with E-state index in [0.717, 1.165) is 11.4 Å². The Morgan fingerprint density at radius 1 is 1.38 bits per heavy atom. The Morgan fingerprint density at radius 3 is 2.69 bits per heavy atom. The molecule has 0 aromatic heterocycles. The van der Waals surface area contributed by atoms with Crippen LogP contribution in [-0.2, 0) is 4.74 Å². The molecule has 1 fully saturated rings. The maximum Gasteiger partial charge on any atom is 0.414 e. The van der Waals surface area contributed by atoms with Gasteiger partial charge in [0.1, 0.15) is 5.75 Å². The summed E-state index contributed by atoms with van der Waals surface area (Å²) in [4.78, 5) is 13.2. The van der Waals surface area contributed by atoms with Crippen LogP contribution in [0, 0.1) is 5.92 Å². The lowest BCUT2D eigenvalue weighted by Gasteiger charge is -2.30. The quantitative estimate of drug-likeness (QED) is 0.769. The molecule has 0 N–H and O–H groups in total. The molecule has 1 aromatic rings. The molecule has 0 spiro atoms. The van der Waals surface area contributed by atoms with Crippen LogP contribution in [0.5, 0.6) is 5.75 Å². The van der Waals surface area contributed by atoms with Crippen LogP contribution in [0.2, 0.25) is 0 Å². The number of carbonyl (C=O) groups excluding carboxylic acids is 1. The summed E-state index contributed by atoms with van der Waals surface area (Å²) in [5.74, 6) is 1.14. The standard InChI is InChI=1S/C12H15NO3/c1-9-7-13(12(14)16-8-9)10-3-5-11(15-2)6-4-10/h3-6,9H,7-8H2,1-2H3. The summed E-state index contributed by atoms with van der Waals surface area (Å²) in [7, 11) is 1.62. The molecule has 0 bridgehead atoms. The molecule has 1 atom stereocenters. The van der Waals surface area contributed by atoms with E-state index in [0.29, 0.717) is 19.1 Å². The van der Waals surface area contributed by atoms with Gasteiger partial charge < -0.3 is 9.47 Å². The third kappa shape index (κ3) is 2.10. The zero-order valence-corrected chi connectivity index (χ0v) is 9.47. The van der Waals surface area contributed by atoms with Crippen molar-refractivity contribution in [3.8, 4) is 5.75 Å². The highest BCUT2D eigenvalue weighted by Gasteiger charge is 2.25. The molecule has 1 aliphatic heterocycles. The van der Waals surface area contributed by atoms with Gasteiger partial charge in [0.15, 0.2) is 0 Å². The Hall–Kier alpha value is -1.71. The smallest absolute Gasteiger partial charge is 0.414 e. The maximum absolute atomic E-state index is 11.6. The van der Waals surface area contributed by atoms with Gasteiger partial charge in [-0.1, -0.05) is 6.92 Å². The molecule has 86 valence electrons. The van der Waals surface area contributed by atoms with Gasteiger partial charge in [-0.05, 0) is 24.3 Å². The number of benzene rings is 1. The van der Waals surface area contributed by atoms with Crippen molar-refractivity contribution in [3.63, 3.8) is 0 Å². The Balaban J connectivity index is 2.18. The second-order valence-electron chi connectivity index (χ2n) is 3.99. The highest BCUT2D eigenvalue weighted by Crippen LogP contribution is 2.23. The maximum atomic E-state index is 11.6. The minimum Gasteiger partial charge on any atom is -0.497 e. The molecule has 0 radical (unpaired) electrons. The second-order valence-corrected chi connectivity index (χ2v) is 3.99. The van der Waals surface area contributed by atoms with E-state index in [1.807, 2.05) is 24.3 Å². The Bertz CT molecular complexity index is 374. The van der Waals surface area contributed by atoms with Gasteiger partial charge in [-0.3, -0.25) is 4.90 Å². The fourth-order valence-corrected chi connectivity index (χ4v) is 1.70. The van der Waals surface area contributed by atoms with E-state index in [-0.39, 0.29) is 6.09 Å². The lowest BCUT2D eigenvalue weighted by atomic mass is 10.1. The Morgan fingerprint density at radius 2 is 2.06 bits per heavy atom.